The van der Waals surface area contributed by atoms with E-state index in [1.165, 1.54) is 6.92 Å². The summed E-state index contributed by atoms with van der Waals surface area (Å²) in [6, 6.07) is 6.55. The lowest BCUT2D eigenvalue weighted by Gasteiger charge is -2.27. The smallest absolute Gasteiger partial charge is 0.247 e. The predicted octanol–water partition coefficient (Wildman–Crippen LogP) is 3.01. The minimum absolute atomic E-state index is 0.0251. The predicted molar refractivity (Wildman–Crippen MR) is 98.2 cm³/mol. The average Bonchev–Trinajstić information content (AvgIpc) is 2.94. The molecule has 3 amide bonds. The van der Waals surface area contributed by atoms with Gasteiger partial charge in [0.15, 0.2) is 0 Å². The summed E-state index contributed by atoms with van der Waals surface area (Å²) in [4.78, 5) is 38.0. The molecule has 6 nitrogen and oxygen atoms in total. The van der Waals surface area contributed by atoms with Crippen molar-refractivity contribution in [3.05, 3.63) is 24.3 Å². The zero-order valence-corrected chi connectivity index (χ0v) is 15.4. The van der Waals surface area contributed by atoms with Crippen LogP contribution in [-0.2, 0) is 14.4 Å². The number of nitrogens with one attached hydrogen (secondary N) is 2. The van der Waals surface area contributed by atoms with Gasteiger partial charge in [0.1, 0.15) is 6.04 Å². The molecule has 1 heterocycles. The van der Waals surface area contributed by atoms with E-state index in [1.54, 1.807) is 29.2 Å². The Balaban J connectivity index is 2.04. The maximum absolute atomic E-state index is 12.6. The first-order valence-corrected chi connectivity index (χ1v) is 8.64. The van der Waals surface area contributed by atoms with E-state index in [1.807, 2.05) is 20.8 Å². The van der Waals surface area contributed by atoms with Gasteiger partial charge in [0.05, 0.1) is 0 Å². The molecule has 0 radical (unpaired) electrons. The third kappa shape index (κ3) is 5.59. The lowest BCUT2D eigenvalue weighted by Crippen LogP contribution is -2.44. The summed E-state index contributed by atoms with van der Waals surface area (Å²) in [5, 5.41) is 5.55. The van der Waals surface area contributed by atoms with Gasteiger partial charge < -0.3 is 15.5 Å². The van der Waals surface area contributed by atoms with Gasteiger partial charge in [-0.1, -0.05) is 26.8 Å². The first-order chi connectivity index (χ1) is 11.7. The van der Waals surface area contributed by atoms with Gasteiger partial charge >= 0.3 is 0 Å². The molecule has 2 N–H and O–H groups in total. The molecular weight excluding hydrogens is 318 g/mol. The van der Waals surface area contributed by atoms with E-state index in [4.69, 9.17) is 0 Å². The SMILES string of the molecule is CC(=O)Nc1cccc(NC(=O)[C@@H]2CCCN2C(=O)CC(C)(C)C)c1. The zero-order valence-electron chi connectivity index (χ0n) is 15.4. The van der Waals surface area contributed by atoms with Crippen molar-refractivity contribution in [1.82, 2.24) is 4.90 Å². The summed E-state index contributed by atoms with van der Waals surface area (Å²) in [6.45, 7) is 8.11. The molecule has 1 aliphatic heterocycles. The maximum atomic E-state index is 12.6. The number of carbonyl (C=O) groups is 3. The third-order valence-corrected chi connectivity index (χ3v) is 4.01. The molecule has 1 aliphatic rings. The van der Waals surface area contributed by atoms with Crippen molar-refractivity contribution in [3.63, 3.8) is 0 Å². The maximum Gasteiger partial charge on any atom is 0.247 e. The highest BCUT2D eigenvalue weighted by Crippen LogP contribution is 2.26. The molecule has 1 saturated heterocycles. The molecule has 6 heteroatoms. The van der Waals surface area contributed by atoms with E-state index in [9.17, 15) is 14.4 Å². The fourth-order valence-electron chi connectivity index (χ4n) is 3.00. The molecule has 0 aliphatic carbocycles. The molecule has 0 saturated carbocycles. The van der Waals surface area contributed by atoms with Crippen LogP contribution >= 0.6 is 0 Å². The minimum atomic E-state index is -0.431. The first-order valence-electron chi connectivity index (χ1n) is 8.64. The number of likely N-dealkylation sites (tertiary alicyclic amines) is 1. The minimum Gasteiger partial charge on any atom is -0.331 e. The summed E-state index contributed by atoms with van der Waals surface area (Å²) in [5.41, 5.74) is 1.12. The van der Waals surface area contributed by atoms with Crippen molar-refractivity contribution in [3.8, 4) is 0 Å². The van der Waals surface area contributed by atoms with E-state index in [2.05, 4.69) is 10.6 Å². The number of hydrogen-bond donors (Lipinski definition) is 2. The van der Waals surface area contributed by atoms with Gasteiger partial charge in [-0.05, 0) is 36.5 Å². The normalized spacial score (nSPS) is 17.3. The van der Waals surface area contributed by atoms with Gasteiger partial charge in [0.2, 0.25) is 17.7 Å². The number of anilines is 2. The largest absolute Gasteiger partial charge is 0.331 e. The monoisotopic (exact) mass is 345 g/mol. The molecule has 1 atom stereocenters. The number of carbonyl (C=O) groups excluding carboxylic acids is 3. The Bertz CT molecular complexity index is 664. The van der Waals surface area contributed by atoms with E-state index < -0.39 is 6.04 Å². The number of benzene rings is 1. The molecule has 2 rings (SSSR count). The van der Waals surface area contributed by atoms with E-state index >= 15 is 0 Å². The van der Waals surface area contributed by atoms with E-state index in [0.717, 1.165) is 6.42 Å². The van der Waals surface area contributed by atoms with E-state index in [0.29, 0.717) is 30.8 Å². The van der Waals surface area contributed by atoms with Crippen molar-refractivity contribution in [2.45, 2.75) is 53.0 Å². The lowest BCUT2D eigenvalue weighted by atomic mass is 9.91. The van der Waals surface area contributed by atoms with Gasteiger partial charge in [-0.15, -0.1) is 0 Å². The quantitative estimate of drug-likeness (QED) is 0.880. The molecule has 136 valence electrons. The number of nitrogens with zero attached hydrogens (tertiary/aromatic N) is 1. The Morgan fingerprint density at radius 2 is 1.80 bits per heavy atom. The van der Waals surface area contributed by atoms with Crippen LogP contribution in [-0.4, -0.2) is 35.2 Å². The van der Waals surface area contributed by atoms with Crippen molar-refractivity contribution in [2.75, 3.05) is 17.2 Å². The second kappa shape index (κ2) is 7.68. The van der Waals surface area contributed by atoms with Gasteiger partial charge in [-0.25, -0.2) is 0 Å². The molecule has 0 bridgehead atoms. The number of amides is 3. The molecule has 1 aromatic carbocycles. The number of rotatable bonds is 4. The van der Waals surface area contributed by atoms with Crippen molar-refractivity contribution in [1.29, 1.82) is 0 Å². The zero-order chi connectivity index (χ0) is 18.6. The molecule has 0 aromatic heterocycles. The fourth-order valence-corrected chi connectivity index (χ4v) is 3.00. The summed E-state index contributed by atoms with van der Waals surface area (Å²) < 4.78 is 0. The average molecular weight is 345 g/mol. The van der Waals surface area contributed by atoms with E-state index in [-0.39, 0.29) is 23.1 Å². The third-order valence-electron chi connectivity index (χ3n) is 4.01. The summed E-state index contributed by atoms with van der Waals surface area (Å²) in [5.74, 6) is -0.324. The molecule has 1 aromatic rings. The molecule has 1 fully saturated rings. The van der Waals surface area contributed by atoms with Crippen molar-refractivity contribution in [2.24, 2.45) is 5.41 Å². The summed E-state index contributed by atoms with van der Waals surface area (Å²) in [6.07, 6.45) is 1.93. The highest BCUT2D eigenvalue weighted by atomic mass is 16.2. The Labute approximate surface area is 149 Å². The van der Waals surface area contributed by atoms with Gasteiger partial charge in [0.25, 0.3) is 0 Å². The standard InChI is InChI=1S/C19H27N3O3/c1-13(23)20-14-7-5-8-15(11-14)21-18(25)16-9-6-10-22(16)17(24)12-19(2,3)4/h5,7-8,11,16H,6,9-10,12H2,1-4H3,(H,20,23)(H,21,25)/t16-/m0/s1. The second-order valence-electron chi connectivity index (χ2n) is 7.73. The highest BCUT2D eigenvalue weighted by Gasteiger charge is 2.35. The van der Waals surface area contributed by atoms with Crippen LogP contribution in [0.2, 0.25) is 0 Å². The lowest BCUT2D eigenvalue weighted by molar-refractivity contribution is -0.138. The topological polar surface area (TPSA) is 78.5 Å². The van der Waals surface area contributed by atoms with Crippen LogP contribution in [0.3, 0.4) is 0 Å². The Kier molecular flexibility index (Phi) is 5.82. The van der Waals surface area contributed by atoms with Crippen LogP contribution < -0.4 is 10.6 Å². The molecular formula is C19H27N3O3. The van der Waals surface area contributed by atoms with Crippen LogP contribution in [0.1, 0.15) is 47.0 Å². The number of hydrogen-bond acceptors (Lipinski definition) is 3. The van der Waals surface area contributed by atoms with Crippen LogP contribution in [0.4, 0.5) is 11.4 Å². The van der Waals surface area contributed by atoms with Crippen LogP contribution in [0.15, 0.2) is 24.3 Å². The molecule has 25 heavy (non-hydrogen) atoms. The van der Waals surface area contributed by atoms with Crippen LogP contribution in [0, 0.1) is 5.41 Å². The Morgan fingerprint density at radius 1 is 1.16 bits per heavy atom. The first kappa shape index (κ1) is 19.0. The van der Waals surface area contributed by atoms with Crippen LogP contribution in [0.25, 0.3) is 0 Å². The molecule has 0 spiro atoms. The van der Waals surface area contributed by atoms with Crippen molar-refractivity contribution < 1.29 is 14.4 Å². The fraction of sp³-hybridized carbons (Fsp3) is 0.526. The van der Waals surface area contributed by atoms with Gasteiger partial charge in [-0.2, -0.15) is 0 Å². The molecule has 0 unspecified atom stereocenters. The Morgan fingerprint density at radius 3 is 2.40 bits per heavy atom. The summed E-state index contributed by atoms with van der Waals surface area (Å²) >= 11 is 0. The Hall–Kier alpha value is -2.37. The van der Waals surface area contributed by atoms with Gasteiger partial charge in [0, 0.05) is 31.3 Å². The van der Waals surface area contributed by atoms with Crippen molar-refractivity contribution >= 4 is 29.1 Å². The van der Waals surface area contributed by atoms with Crippen LogP contribution in [0.5, 0.6) is 0 Å². The summed E-state index contributed by atoms with van der Waals surface area (Å²) in [7, 11) is 0. The highest BCUT2D eigenvalue weighted by molar-refractivity contribution is 5.98. The van der Waals surface area contributed by atoms with Gasteiger partial charge in [-0.3, -0.25) is 14.4 Å². The second-order valence-corrected chi connectivity index (χ2v) is 7.73.